The minimum Gasteiger partial charge on any atom is -0.455 e. The van der Waals surface area contributed by atoms with Crippen molar-refractivity contribution in [3.8, 4) is 16.6 Å². The lowest BCUT2D eigenvalue weighted by Crippen LogP contribution is -2.23. The largest absolute Gasteiger partial charge is 0.455 e. The molecular formula is C22H21N7O3S. The molecule has 0 aliphatic heterocycles. The van der Waals surface area contributed by atoms with E-state index in [2.05, 4.69) is 30.4 Å². The Bertz CT molecular complexity index is 1280. The highest BCUT2D eigenvalue weighted by molar-refractivity contribution is 7.13. The Morgan fingerprint density at radius 3 is 2.58 bits per heavy atom. The van der Waals surface area contributed by atoms with Crippen LogP contribution in [0.1, 0.15) is 22.8 Å². The Hall–Kier alpha value is -3.99. The molecule has 4 aromatic heterocycles. The molecule has 0 aliphatic carbocycles. The Labute approximate surface area is 193 Å². The maximum absolute atomic E-state index is 12.4. The second-order valence-corrected chi connectivity index (χ2v) is 8.14. The van der Waals surface area contributed by atoms with E-state index in [9.17, 15) is 9.59 Å². The van der Waals surface area contributed by atoms with E-state index in [4.69, 9.17) is 4.74 Å². The van der Waals surface area contributed by atoms with E-state index in [0.29, 0.717) is 28.2 Å². The lowest BCUT2D eigenvalue weighted by molar-refractivity contribution is -0.146. The van der Waals surface area contributed by atoms with Gasteiger partial charge in [0, 0.05) is 29.0 Å². The number of esters is 1. The third-order valence-electron chi connectivity index (χ3n) is 4.38. The van der Waals surface area contributed by atoms with Gasteiger partial charge in [-0.25, -0.2) is 15.0 Å². The van der Waals surface area contributed by atoms with Gasteiger partial charge >= 0.3 is 5.97 Å². The van der Waals surface area contributed by atoms with Crippen molar-refractivity contribution in [3.63, 3.8) is 0 Å². The van der Waals surface area contributed by atoms with E-state index in [1.165, 1.54) is 16.0 Å². The number of rotatable bonds is 7. The summed E-state index contributed by atoms with van der Waals surface area (Å²) in [6, 6.07) is 9.08. The number of nitrogens with one attached hydrogen (secondary N) is 1. The third-order valence-corrected chi connectivity index (χ3v) is 5.30. The number of hydrogen-bond donors (Lipinski definition) is 1. The van der Waals surface area contributed by atoms with Crippen LogP contribution < -0.4 is 5.32 Å². The summed E-state index contributed by atoms with van der Waals surface area (Å²) < 4.78 is 6.57. The molecule has 0 atom stereocenters. The first-order valence-electron chi connectivity index (χ1n) is 10.1. The Balaban J connectivity index is 1.35. The van der Waals surface area contributed by atoms with Gasteiger partial charge in [-0.3, -0.25) is 14.6 Å². The average Bonchev–Trinajstić information content (AvgIpc) is 3.38. The Kier molecular flexibility index (Phi) is 6.50. The molecule has 0 aliphatic rings. The normalized spacial score (nSPS) is 10.8. The minimum absolute atomic E-state index is 0.0376. The molecule has 1 N–H and O–H groups in total. The van der Waals surface area contributed by atoms with Crippen molar-refractivity contribution >= 4 is 29.0 Å². The second kappa shape index (κ2) is 9.65. The number of thiazole rings is 1. The lowest BCUT2D eigenvalue weighted by Gasteiger charge is -2.09. The standard InChI is InChI=1S/C22H21N7O3S/c1-13-8-14(2)25-22(24-13)29-18(9-15(3)28-29)27-19(30)11-32-20(31)10-16-12-33-21(26-16)17-6-4-5-7-23-17/h4-9,12H,10-11H2,1-3H3,(H,27,30). The zero-order valence-electron chi connectivity index (χ0n) is 18.3. The number of carbonyl (C=O) groups excluding carboxylic acids is 2. The maximum atomic E-state index is 12.4. The SMILES string of the molecule is Cc1cc(C)nc(-n2nc(C)cc2NC(=O)COC(=O)Cc2csc(-c3ccccn3)n2)n1. The predicted octanol–water partition coefficient (Wildman–Crippen LogP) is 2.83. The number of amides is 1. The molecule has 0 saturated heterocycles. The highest BCUT2D eigenvalue weighted by Crippen LogP contribution is 2.21. The van der Waals surface area contributed by atoms with Gasteiger partial charge in [-0.15, -0.1) is 11.3 Å². The second-order valence-electron chi connectivity index (χ2n) is 7.28. The number of hydrogen-bond acceptors (Lipinski definition) is 9. The van der Waals surface area contributed by atoms with Crippen LogP contribution in [-0.2, 0) is 20.7 Å². The molecule has 4 aromatic rings. The zero-order chi connectivity index (χ0) is 23.4. The molecule has 1 amide bonds. The van der Waals surface area contributed by atoms with E-state index in [-0.39, 0.29) is 6.42 Å². The molecule has 4 rings (SSSR count). The molecule has 33 heavy (non-hydrogen) atoms. The minimum atomic E-state index is -0.551. The monoisotopic (exact) mass is 463 g/mol. The topological polar surface area (TPSA) is 125 Å². The van der Waals surface area contributed by atoms with Crippen molar-refractivity contribution in [2.24, 2.45) is 0 Å². The number of anilines is 1. The average molecular weight is 464 g/mol. The van der Waals surface area contributed by atoms with Crippen LogP contribution in [0.3, 0.4) is 0 Å². The molecule has 0 aromatic carbocycles. The maximum Gasteiger partial charge on any atom is 0.312 e. The molecule has 11 heteroatoms. The summed E-state index contributed by atoms with van der Waals surface area (Å²) in [5, 5.41) is 9.54. The predicted molar refractivity (Wildman–Crippen MR) is 122 cm³/mol. The van der Waals surface area contributed by atoms with E-state index in [0.717, 1.165) is 17.1 Å². The Morgan fingerprint density at radius 2 is 1.85 bits per heavy atom. The number of aryl methyl sites for hydroxylation is 3. The van der Waals surface area contributed by atoms with Gasteiger partial charge < -0.3 is 10.1 Å². The fourth-order valence-electron chi connectivity index (χ4n) is 3.06. The van der Waals surface area contributed by atoms with Crippen LogP contribution in [-0.4, -0.2) is 48.2 Å². The quantitative estimate of drug-likeness (QED) is 0.415. The van der Waals surface area contributed by atoms with Gasteiger partial charge in [-0.05, 0) is 39.0 Å². The molecule has 0 bridgehead atoms. The van der Waals surface area contributed by atoms with Crippen LogP contribution in [0.4, 0.5) is 5.82 Å². The van der Waals surface area contributed by atoms with Crippen LogP contribution in [0.2, 0.25) is 0 Å². The summed E-state index contributed by atoms with van der Waals surface area (Å²) >= 11 is 1.39. The van der Waals surface area contributed by atoms with Gasteiger partial charge in [0.1, 0.15) is 10.8 Å². The van der Waals surface area contributed by atoms with Gasteiger partial charge in [0.05, 0.1) is 23.5 Å². The first kappa shape index (κ1) is 22.2. The van der Waals surface area contributed by atoms with Crippen molar-refractivity contribution < 1.29 is 14.3 Å². The van der Waals surface area contributed by atoms with Gasteiger partial charge in [-0.2, -0.15) is 9.78 Å². The summed E-state index contributed by atoms with van der Waals surface area (Å²) in [6.45, 7) is 5.07. The van der Waals surface area contributed by atoms with Crippen LogP contribution in [0.5, 0.6) is 0 Å². The summed E-state index contributed by atoms with van der Waals surface area (Å²) in [4.78, 5) is 42.0. The fourth-order valence-corrected chi connectivity index (χ4v) is 3.86. The highest BCUT2D eigenvalue weighted by Gasteiger charge is 2.16. The number of nitrogens with zero attached hydrogens (tertiary/aromatic N) is 6. The van der Waals surface area contributed by atoms with Crippen molar-refractivity contribution in [2.45, 2.75) is 27.2 Å². The number of carbonyl (C=O) groups is 2. The molecule has 168 valence electrons. The summed E-state index contributed by atoms with van der Waals surface area (Å²) in [5.41, 5.74) is 3.54. The van der Waals surface area contributed by atoms with E-state index in [1.807, 2.05) is 38.1 Å². The molecule has 0 unspecified atom stereocenters. The molecule has 0 radical (unpaired) electrons. The fraction of sp³-hybridized carbons (Fsp3) is 0.227. The lowest BCUT2D eigenvalue weighted by atomic mass is 10.3. The summed E-state index contributed by atoms with van der Waals surface area (Å²) in [6.07, 6.45) is 1.65. The molecule has 10 nitrogen and oxygen atoms in total. The molecule has 0 fully saturated rings. The smallest absolute Gasteiger partial charge is 0.312 e. The third kappa shape index (κ3) is 5.63. The van der Waals surface area contributed by atoms with Crippen molar-refractivity contribution in [3.05, 3.63) is 64.7 Å². The molecule has 0 spiro atoms. The highest BCUT2D eigenvalue weighted by atomic mass is 32.1. The first-order chi connectivity index (χ1) is 15.9. The van der Waals surface area contributed by atoms with E-state index < -0.39 is 18.5 Å². The summed E-state index contributed by atoms with van der Waals surface area (Å²) in [7, 11) is 0. The van der Waals surface area contributed by atoms with Crippen LogP contribution in [0.15, 0.2) is 41.9 Å². The number of pyridine rings is 1. The van der Waals surface area contributed by atoms with Crippen LogP contribution in [0, 0.1) is 20.8 Å². The van der Waals surface area contributed by atoms with Crippen molar-refractivity contribution in [1.29, 1.82) is 0 Å². The Morgan fingerprint density at radius 1 is 1.06 bits per heavy atom. The van der Waals surface area contributed by atoms with Gasteiger partial charge in [-0.1, -0.05) is 6.07 Å². The first-order valence-corrected chi connectivity index (χ1v) is 11.0. The van der Waals surface area contributed by atoms with Gasteiger partial charge in [0.25, 0.3) is 11.9 Å². The van der Waals surface area contributed by atoms with E-state index >= 15 is 0 Å². The van der Waals surface area contributed by atoms with Crippen molar-refractivity contribution in [1.82, 2.24) is 29.7 Å². The number of ether oxygens (including phenoxy) is 1. The molecular weight excluding hydrogens is 442 g/mol. The van der Waals surface area contributed by atoms with Gasteiger partial charge in [0.15, 0.2) is 6.61 Å². The van der Waals surface area contributed by atoms with Crippen molar-refractivity contribution in [2.75, 3.05) is 11.9 Å². The zero-order valence-corrected chi connectivity index (χ0v) is 19.1. The van der Waals surface area contributed by atoms with E-state index in [1.54, 1.807) is 24.6 Å². The summed E-state index contributed by atoms with van der Waals surface area (Å²) in [5.74, 6) is -0.315. The van der Waals surface area contributed by atoms with Crippen LogP contribution >= 0.6 is 11.3 Å². The molecule has 4 heterocycles. The number of aromatic nitrogens is 6. The van der Waals surface area contributed by atoms with Gasteiger partial charge in [0.2, 0.25) is 0 Å². The van der Waals surface area contributed by atoms with Crippen LogP contribution in [0.25, 0.3) is 16.6 Å². The molecule has 0 saturated carbocycles.